The zero-order chi connectivity index (χ0) is 17.1. The van der Waals surface area contributed by atoms with Gasteiger partial charge in [-0.3, -0.25) is 0 Å². The Balaban J connectivity index is -0.0000000533. The number of carboxylic acids is 4. The number of aliphatic carboxylic acids is 4. The Bertz CT molecular complexity index is 222. The molecule has 0 fully saturated rings. The average molecular weight is 471 g/mol. The Kier molecular flexibility index (Phi) is 41.3. The molecule has 0 bridgehead atoms. The molecule has 120 valence electrons. The summed E-state index contributed by atoms with van der Waals surface area (Å²) >= 11 is 0. The van der Waals surface area contributed by atoms with E-state index in [9.17, 15) is 39.6 Å². The van der Waals surface area contributed by atoms with Crippen molar-refractivity contribution < 1.29 is 65.4 Å². The van der Waals surface area contributed by atoms with E-state index in [0.29, 0.717) is 0 Å². The van der Waals surface area contributed by atoms with Crippen molar-refractivity contribution in [3.8, 4) is 0 Å². The fourth-order valence-corrected chi connectivity index (χ4v) is 0. The van der Waals surface area contributed by atoms with Crippen LogP contribution in [0, 0.1) is 0 Å². The Morgan fingerprint density at radius 2 is 0.571 bits per heavy atom. The van der Waals surface area contributed by atoms with E-state index < -0.39 is 23.9 Å². The summed E-state index contributed by atoms with van der Waals surface area (Å²) in [6.07, 6.45) is 0.444. The van der Waals surface area contributed by atoms with E-state index >= 15 is 0 Å². The minimum Gasteiger partial charge on any atom is -0.550 e. The zero-order valence-corrected chi connectivity index (χ0v) is 16.2. The van der Waals surface area contributed by atoms with E-state index in [1.54, 1.807) is 0 Å². The minimum absolute atomic E-state index is 0. The Labute approximate surface area is 143 Å². The maximum Gasteiger partial charge on any atom is 4.00 e. The zero-order valence-electron chi connectivity index (χ0n) is 12.6. The largest absolute Gasteiger partial charge is 4.00 e. The first kappa shape index (κ1) is 31.9. The summed E-state index contributed by atoms with van der Waals surface area (Å²) in [4.78, 5) is 37.0. The molecule has 0 aromatic rings. The Morgan fingerprint density at radius 3 is 0.571 bits per heavy atom. The molecule has 0 spiro atoms. The van der Waals surface area contributed by atoms with Crippen LogP contribution >= 0.6 is 0 Å². The van der Waals surface area contributed by atoms with Gasteiger partial charge >= 0.3 is 25.8 Å². The predicted octanol–water partition coefficient (Wildman–Crippen LogP) is -3.42. The molecule has 0 unspecified atom stereocenters. The SMILES string of the molecule is CCC(=O)[O-].CCC(=O)[O-].CCC(=O)[O-].CCC(=O)[O-].[Hf+4]. The summed E-state index contributed by atoms with van der Waals surface area (Å²) in [6.45, 7) is 6.15. The van der Waals surface area contributed by atoms with Gasteiger partial charge in [-0.1, -0.05) is 27.7 Å². The van der Waals surface area contributed by atoms with Crippen LogP contribution in [0.2, 0.25) is 0 Å². The summed E-state index contributed by atoms with van der Waals surface area (Å²) in [5, 5.41) is 37.0. The third kappa shape index (κ3) is 115. The van der Waals surface area contributed by atoms with Crippen LogP contribution in [0.25, 0.3) is 0 Å². The molecule has 0 saturated heterocycles. The number of carbonyl (C=O) groups is 4. The molecule has 0 heterocycles. The fourth-order valence-electron chi connectivity index (χ4n) is 0. The molecule has 0 radical (unpaired) electrons. The van der Waals surface area contributed by atoms with Gasteiger partial charge in [-0.05, 0) is 25.7 Å². The van der Waals surface area contributed by atoms with Crippen molar-refractivity contribution >= 4 is 23.9 Å². The second kappa shape index (κ2) is 27.2. The third-order valence-corrected chi connectivity index (χ3v) is 1.15. The first-order chi connectivity index (χ1) is 9.08. The van der Waals surface area contributed by atoms with Crippen molar-refractivity contribution in [2.75, 3.05) is 0 Å². The molecule has 0 saturated carbocycles. The van der Waals surface area contributed by atoms with E-state index in [1.807, 2.05) is 0 Å². The molecule has 0 aliphatic carbocycles. The van der Waals surface area contributed by atoms with Crippen LogP contribution in [-0.4, -0.2) is 23.9 Å². The van der Waals surface area contributed by atoms with Crippen molar-refractivity contribution in [2.24, 2.45) is 0 Å². The van der Waals surface area contributed by atoms with Crippen molar-refractivity contribution in [3.63, 3.8) is 0 Å². The minimum atomic E-state index is -0.995. The second-order valence-corrected chi connectivity index (χ2v) is 2.90. The molecule has 0 amide bonds. The molecule has 8 nitrogen and oxygen atoms in total. The molecule has 0 atom stereocenters. The summed E-state index contributed by atoms with van der Waals surface area (Å²) in [5.74, 6) is -3.98. The van der Waals surface area contributed by atoms with E-state index in [0.717, 1.165) is 0 Å². The average Bonchev–Trinajstić information content (AvgIpc) is 2.40. The van der Waals surface area contributed by atoms with Gasteiger partial charge in [0.05, 0.1) is 0 Å². The van der Waals surface area contributed by atoms with Gasteiger partial charge in [-0.15, -0.1) is 0 Å². The normalized spacial score (nSPS) is 7.05. The number of carboxylic acid groups (broad SMARTS) is 4. The first-order valence-electron chi connectivity index (χ1n) is 5.88. The van der Waals surface area contributed by atoms with Crippen molar-refractivity contribution in [2.45, 2.75) is 53.4 Å². The monoisotopic (exact) mass is 472 g/mol. The van der Waals surface area contributed by atoms with E-state index in [1.165, 1.54) is 27.7 Å². The smallest absolute Gasteiger partial charge is 0.550 e. The quantitative estimate of drug-likeness (QED) is 0.384. The van der Waals surface area contributed by atoms with Crippen LogP contribution < -0.4 is 20.4 Å². The van der Waals surface area contributed by atoms with Gasteiger partial charge in [-0.25, -0.2) is 0 Å². The number of carbonyl (C=O) groups excluding carboxylic acids is 4. The molecular formula is C12H20HfO8. The molecular weight excluding hydrogens is 451 g/mol. The number of hydrogen-bond donors (Lipinski definition) is 0. The van der Waals surface area contributed by atoms with Crippen LogP contribution in [0.3, 0.4) is 0 Å². The molecule has 0 aromatic heterocycles. The topological polar surface area (TPSA) is 161 Å². The van der Waals surface area contributed by atoms with Crippen LogP contribution in [0.5, 0.6) is 0 Å². The van der Waals surface area contributed by atoms with Gasteiger partial charge in [-0.2, -0.15) is 0 Å². The number of rotatable bonds is 4. The summed E-state index contributed by atoms with van der Waals surface area (Å²) in [6, 6.07) is 0. The molecule has 0 aliphatic heterocycles. The van der Waals surface area contributed by atoms with Crippen molar-refractivity contribution in [3.05, 3.63) is 0 Å². The standard InChI is InChI=1S/4C3H6O2.Hf/c4*1-2-3(4)5;/h4*2H2,1H3,(H,4,5);/q;;;;+4/p-4. The van der Waals surface area contributed by atoms with Gasteiger partial charge < -0.3 is 39.6 Å². The molecule has 0 N–H and O–H groups in total. The Hall–Kier alpha value is -1.25. The molecule has 0 aliphatic rings. The second-order valence-electron chi connectivity index (χ2n) is 2.90. The van der Waals surface area contributed by atoms with Crippen molar-refractivity contribution in [1.29, 1.82) is 0 Å². The van der Waals surface area contributed by atoms with E-state index in [4.69, 9.17) is 0 Å². The summed E-state index contributed by atoms with van der Waals surface area (Å²) in [5.41, 5.74) is 0. The molecule has 9 heteroatoms. The summed E-state index contributed by atoms with van der Waals surface area (Å²) < 4.78 is 0. The van der Waals surface area contributed by atoms with E-state index in [2.05, 4.69) is 0 Å². The van der Waals surface area contributed by atoms with Gasteiger partial charge in [0.25, 0.3) is 0 Å². The molecule has 21 heavy (non-hydrogen) atoms. The van der Waals surface area contributed by atoms with Crippen LogP contribution in [0.4, 0.5) is 0 Å². The Morgan fingerprint density at radius 1 is 0.524 bits per heavy atom. The van der Waals surface area contributed by atoms with Crippen LogP contribution in [0.1, 0.15) is 53.4 Å². The maximum atomic E-state index is 9.26. The van der Waals surface area contributed by atoms with Crippen LogP contribution in [-0.2, 0) is 45.0 Å². The molecule has 0 rings (SSSR count). The summed E-state index contributed by atoms with van der Waals surface area (Å²) in [7, 11) is 0. The van der Waals surface area contributed by atoms with Crippen LogP contribution in [0.15, 0.2) is 0 Å². The number of hydrogen-bond acceptors (Lipinski definition) is 8. The van der Waals surface area contributed by atoms with Gasteiger partial charge in [0.15, 0.2) is 0 Å². The van der Waals surface area contributed by atoms with Crippen molar-refractivity contribution in [1.82, 2.24) is 0 Å². The first-order valence-corrected chi connectivity index (χ1v) is 5.88. The van der Waals surface area contributed by atoms with E-state index in [-0.39, 0.29) is 51.5 Å². The predicted molar refractivity (Wildman–Crippen MR) is 61.2 cm³/mol. The molecule has 0 aromatic carbocycles. The maximum absolute atomic E-state index is 9.26. The van der Waals surface area contributed by atoms with Gasteiger partial charge in [0.2, 0.25) is 0 Å². The van der Waals surface area contributed by atoms with Gasteiger partial charge in [0, 0.05) is 23.9 Å². The fraction of sp³-hybridized carbons (Fsp3) is 0.667. The third-order valence-electron chi connectivity index (χ3n) is 1.15. The van der Waals surface area contributed by atoms with Gasteiger partial charge in [0.1, 0.15) is 0 Å².